The number of amides is 4. The Morgan fingerprint density at radius 2 is 1.93 bits per heavy atom. The van der Waals surface area contributed by atoms with E-state index in [1.54, 1.807) is 4.90 Å². The number of anilines is 1. The minimum absolute atomic E-state index is 0.244. The lowest BCUT2D eigenvalue weighted by atomic mass is 9.89. The van der Waals surface area contributed by atoms with E-state index >= 15 is 0 Å². The predicted octanol–water partition coefficient (Wildman–Crippen LogP) is 2.48. The van der Waals surface area contributed by atoms with E-state index in [4.69, 9.17) is 5.11 Å². The topological polar surface area (TPSA) is 94.9 Å². The third-order valence-electron chi connectivity index (χ3n) is 5.58. The number of aryl methyl sites for hydroxylation is 1. The van der Waals surface area contributed by atoms with Crippen molar-refractivity contribution in [1.29, 1.82) is 0 Å². The summed E-state index contributed by atoms with van der Waals surface area (Å²) in [6, 6.07) is 5.52. The van der Waals surface area contributed by atoms with E-state index in [9.17, 15) is 14.4 Å². The van der Waals surface area contributed by atoms with Crippen LogP contribution in [0.4, 0.5) is 15.3 Å². The van der Waals surface area contributed by atoms with Gasteiger partial charge in [0.15, 0.2) is 0 Å². The molecule has 1 aromatic heterocycles. The molecular weight excluding hydrogens is 348 g/mol. The average Bonchev–Trinajstić information content (AvgIpc) is 2.98. The van der Waals surface area contributed by atoms with Gasteiger partial charge in [-0.15, -0.1) is 0 Å². The standard InChI is InChI=1S/C19H22N4O4/c1-21-11-15(12-4-7-22(8-5-12)19(26)27)14-3-2-13(10-16(14)21)23-9-6-17(24)20-18(23)25/h2-3,10-12H,4-9H2,1H3,(H,26,27)(H,20,24,25). The number of fused-ring (bicyclic) bond motifs is 1. The Morgan fingerprint density at radius 1 is 1.19 bits per heavy atom. The Kier molecular flexibility index (Phi) is 4.25. The van der Waals surface area contributed by atoms with Crippen molar-refractivity contribution in [3.8, 4) is 0 Å². The van der Waals surface area contributed by atoms with E-state index in [0.717, 1.165) is 29.4 Å². The Bertz CT molecular complexity index is 927. The maximum Gasteiger partial charge on any atom is 0.407 e. The minimum Gasteiger partial charge on any atom is -0.465 e. The molecule has 142 valence electrons. The highest BCUT2D eigenvalue weighted by atomic mass is 16.4. The normalized spacial score (nSPS) is 18.9. The number of likely N-dealkylation sites (tertiary alicyclic amines) is 1. The number of nitrogens with zero attached hydrogens (tertiary/aromatic N) is 3. The van der Waals surface area contributed by atoms with Crippen molar-refractivity contribution in [3.05, 3.63) is 30.0 Å². The van der Waals surface area contributed by atoms with Gasteiger partial charge in [0.1, 0.15) is 0 Å². The summed E-state index contributed by atoms with van der Waals surface area (Å²) in [5.41, 5.74) is 3.01. The van der Waals surface area contributed by atoms with Crippen molar-refractivity contribution in [3.63, 3.8) is 0 Å². The molecule has 4 amide bonds. The molecule has 0 bridgehead atoms. The minimum atomic E-state index is -0.852. The Morgan fingerprint density at radius 3 is 2.59 bits per heavy atom. The van der Waals surface area contributed by atoms with Crippen molar-refractivity contribution in [2.75, 3.05) is 24.5 Å². The molecule has 2 fully saturated rings. The van der Waals surface area contributed by atoms with Gasteiger partial charge in [-0.05, 0) is 36.5 Å². The fourth-order valence-electron chi connectivity index (χ4n) is 4.09. The molecule has 0 unspecified atom stereocenters. The molecule has 2 saturated heterocycles. The van der Waals surface area contributed by atoms with Crippen molar-refractivity contribution in [2.45, 2.75) is 25.2 Å². The molecule has 8 heteroatoms. The first-order chi connectivity index (χ1) is 12.9. The van der Waals surface area contributed by atoms with Crippen molar-refractivity contribution >= 4 is 34.6 Å². The van der Waals surface area contributed by atoms with Crippen LogP contribution in [-0.2, 0) is 11.8 Å². The van der Waals surface area contributed by atoms with Crippen molar-refractivity contribution in [1.82, 2.24) is 14.8 Å². The average molecular weight is 370 g/mol. The zero-order chi connectivity index (χ0) is 19.1. The summed E-state index contributed by atoms with van der Waals surface area (Å²) < 4.78 is 2.05. The highest BCUT2D eigenvalue weighted by molar-refractivity contribution is 6.06. The first-order valence-corrected chi connectivity index (χ1v) is 9.12. The molecule has 0 radical (unpaired) electrons. The summed E-state index contributed by atoms with van der Waals surface area (Å²) in [4.78, 5) is 37.6. The van der Waals surface area contributed by atoms with Gasteiger partial charge in [0, 0.05) is 50.4 Å². The Labute approximate surface area is 156 Å². The van der Waals surface area contributed by atoms with E-state index in [0.29, 0.717) is 32.0 Å². The van der Waals surface area contributed by atoms with Crippen LogP contribution in [0.1, 0.15) is 30.7 Å². The van der Waals surface area contributed by atoms with Gasteiger partial charge in [0.2, 0.25) is 5.91 Å². The summed E-state index contributed by atoms with van der Waals surface area (Å²) in [5.74, 6) is 0.0808. The maximum atomic E-state index is 12.1. The second kappa shape index (κ2) is 6.61. The molecule has 27 heavy (non-hydrogen) atoms. The molecule has 2 aliphatic rings. The highest BCUT2D eigenvalue weighted by Crippen LogP contribution is 2.35. The number of hydrogen-bond donors (Lipinski definition) is 2. The fraction of sp³-hybridized carbons (Fsp3) is 0.421. The van der Waals surface area contributed by atoms with Crippen LogP contribution in [0.15, 0.2) is 24.4 Å². The van der Waals surface area contributed by atoms with Crippen LogP contribution in [0, 0.1) is 0 Å². The van der Waals surface area contributed by atoms with E-state index in [1.165, 1.54) is 10.5 Å². The van der Waals surface area contributed by atoms with Crippen LogP contribution in [-0.4, -0.2) is 52.2 Å². The summed E-state index contributed by atoms with van der Waals surface area (Å²) in [6.45, 7) is 1.48. The first-order valence-electron chi connectivity index (χ1n) is 9.12. The lowest BCUT2D eigenvalue weighted by Crippen LogP contribution is -2.49. The number of imide groups is 1. The quantitative estimate of drug-likeness (QED) is 0.849. The summed E-state index contributed by atoms with van der Waals surface area (Å²) in [5, 5.41) is 12.6. The van der Waals surface area contributed by atoms with Crippen molar-refractivity contribution in [2.24, 2.45) is 7.05 Å². The molecule has 0 atom stereocenters. The zero-order valence-corrected chi connectivity index (χ0v) is 15.1. The van der Waals surface area contributed by atoms with E-state index in [-0.39, 0.29) is 11.9 Å². The molecule has 0 saturated carbocycles. The van der Waals surface area contributed by atoms with Gasteiger partial charge >= 0.3 is 12.1 Å². The van der Waals surface area contributed by atoms with Gasteiger partial charge < -0.3 is 14.6 Å². The second-order valence-corrected chi connectivity index (χ2v) is 7.20. The Balaban J connectivity index is 1.61. The zero-order valence-electron chi connectivity index (χ0n) is 15.1. The maximum absolute atomic E-state index is 12.1. The van der Waals surface area contributed by atoms with Crippen molar-refractivity contribution < 1.29 is 19.5 Å². The number of urea groups is 1. The van der Waals surface area contributed by atoms with Gasteiger partial charge in [0.05, 0.1) is 5.52 Å². The SMILES string of the molecule is Cn1cc(C2CCN(C(=O)O)CC2)c2ccc(N3CCC(=O)NC3=O)cc21. The largest absolute Gasteiger partial charge is 0.465 e. The summed E-state index contributed by atoms with van der Waals surface area (Å²) in [7, 11) is 1.97. The smallest absolute Gasteiger partial charge is 0.407 e. The molecular formula is C19H22N4O4. The number of piperidine rings is 1. The molecule has 3 heterocycles. The molecule has 0 spiro atoms. The summed E-state index contributed by atoms with van der Waals surface area (Å²) >= 11 is 0. The monoisotopic (exact) mass is 370 g/mol. The molecule has 2 aromatic rings. The third-order valence-corrected chi connectivity index (χ3v) is 5.58. The van der Waals surface area contributed by atoms with E-state index in [1.807, 2.05) is 29.8 Å². The van der Waals surface area contributed by atoms with Crippen LogP contribution in [0.3, 0.4) is 0 Å². The number of carbonyl (C=O) groups excluding carboxylic acids is 2. The third kappa shape index (κ3) is 3.11. The number of hydrogen-bond acceptors (Lipinski definition) is 3. The lowest BCUT2D eigenvalue weighted by Gasteiger charge is -2.30. The van der Waals surface area contributed by atoms with Crippen LogP contribution in [0.25, 0.3) is 10.9 Å². The van der Waals surface area contributed by atoms with Gasteiger partial charge in [-0.1, -0.05) is 6.07 Å². The highest BCUT2D eigenvalue weighted by Gasteiger charge is 2.27. The molecule has 1 aromatic carbocycles. The predicted molar refractivity (Wildman–Crippen MR) is 100.0 cm³/mol. The van der Waals surface area contributed by atoms with Crippen LogP contribution >= 0.6 is 0 Å². The van der Waals surface area contributed by atoms with Crippen LogP contribution in [0.5, 0.6) is 0 Å². The molecule has 2 N–H and O–H groups in total. The number of aromatic nitrogens is 1. The molecule has 2 aliphatic heterocycles. The molecule has 8 nitrogen and oxygen atoms in total. The van der Waals surface area contributed by atoms with Gasteiger partial charge in [-0.3, -0.25) is 15.0 Å². The summed E-state index contributed by atoms with van der Waals surface area (Å²) in [6.07, 6.45) is 3.17. The number of benzene rings is 1. The number of carbonyl (C=O) groups is 3. The second-order valence-electron chi connectivity index (χ2n) is 7.20. The van der Waals surface area contributed by atoms with Gasteiger partial charge in [-0.2, -0.15) is 0 Å². The number of carboxylic acid groups (broad SMARTS) is 1. The lowest BCUT2D eigenvalue weighted by molar-refractivity contribution is -0.120. The van der Waals surface area contributed by atoms with Gasteiger partial charge in [0.25, 0.3) is 0 Å². The Hall–Kier alpha value is -3.03. The number of rotatable bonds is 2. The van der Waals surface area contributed by atoms with Gasteiger partial charge in [-0.25, -0.2) is 9.59 Å². The molecule has 0 aliphatic carbocycles. The van der Waals surface area contributed by atoms with E-state index in [2.05, 4.69) is 11.5 Å². The first kappa shape index (κ1) is 17.4. The van der Waals surface area contributed by atoms with Crippen LogP contribution < -0.4 is 10.2 Å². The number of nitrogens with one attached hydrogen (secondary N) is 1. The fourth-order valence-corrected chi connectivity index (χ4v) is 4.09. The van der Waals surface area contributed by atoms with E-state index < -0.39 is 6.09 Å². The molecule has 4 rings (SSSR count). The van der Waals surface area contributed by atoms with Crippen LogP contribution in [0.2, 0.25) is 0 Å².